The number of rotatable bonds is 2. The van der Waals surface area contributed by atoms with Gasteiger partial charge in [-0.15, -0.1) is 0 Å². The number of benzene rings is 2. The molecule has 0 amide bonds. The maximum Gasteiger partial charge on any atom is 0.320 e. The number of nitrogens with zero attached hydrogens (tertiary/aromatic N) is 2. The van der Waals surface area contributed by atoms with Gasteiger partial charge in [-0.3, -0.25) is 0 Å². The van der Waals surface area contributed by atoms with Crippen LogP contribution in [0.2, 0.25) is 0 Å². The molecule has 4 nitrogen and oxygen atoms in total. The van der Waals surface area contributed by atoms with Crippen LogP contribution in [0.5, 0.6) is 11.9 Å². The topological polar surface area (TPSA) is 44.2 Å². The van der Waals surface area contributed by atoms with Crippen LogP contribution in [-0.2, 0) is 0 Å². The Morgan fingerprint density at radius 2 is 1.61 bits per heavy atom. The Morgan fingerprint density at radius 1 is 0.889 bits per heavy atom. The van der Waals surface area contributed by atoms with E-state index in [2.05, 4.69) is 22.1 Å². The molecule has 0 aliphatic carbocycles. The molecule has 3 rings (SSSR count). The van der Waals surface area contributed by atoms with E-state index in [1.54, 1.807) is 14.2 Å². The van der Waals surface area contributed by atoms with Crippen molar-refractivity contribution in [1.29, 1.82) is 0 Å². The fourth-order valence-corrected chi connectivity index (χ4v) is 2.01. The lowest BCUT2D eigenvalue weighted by Crippen LogP contribution is -1.96. The Balaban J connectivity index is 2.41. The molecule has 4 heteroatoms. The third-order valence-electron chi connectivity index (χ3n) is 2.88. The van der Waals surface area contributed by atoms with Gasteiger partial charge >= 0.3 is 6.01 Å². The number of aromatic nitrogens is 2. The summed E-state index contributed by atoms with van der Waals surface area (Å²) in [6.45, 7) is 0. The first-order valence-corrected chi connectivity index (χ1v) is 5.60. The fourth-order valence-electron chi connectivity index (χ4n) is 2.01. The molecule has 18 heavy (non-hydrogen) atoms. The van der Waals surface area contributed by atoms with Crippen molar-refractivity contribution in [2.45, 2.75) is 0 Å². The molecule has 0 bridgehead atoms. The second-order valence-electron chi connectivity index (χ2n) is 3.94. The van der Waals surface area contributed by atoms with Gasteiger partial charge in [0.05, 0.1) is 25.1 Å². The van der Waals surface area contributed by atoms with Crippen LogP contribution in [0.25, 0.3) is 21.7 Å². The molecule has 0 saturated heterocycles. The van der Waals surface area contributed by atoms with Crippen LogP contribution in [0, 0.1) is 0 Å². The average Bonchev–Trinajstić information content (AvgIpc) is 2.43. The first-order valence-electron chi connectivity index (χ1n) is 5.60. The van der Waals surface area contributed by atoms with E-state index in [0.717, 1.165) is 21.7 Å². The Labute approximate surface area is 104 Å². The molecule has 0 atom stereocenters. The zero-order valence-electron chi connectivity index (χ0n) is 10.2. The number of ether oxygens (including phenoxy) is 2. The van der Waals surface area contributed by atoms with Crippen LogP contribution in [0.4, 0.5) is 0 Å². The van der Waals surface area contributed by atoms with Gasteiger partial charge in [0.1, 0.15) is 0 Å². The van der Waals surface area contributed by atoms with E-state index in [1.807, 2.05) is 24.3 Å². The standard InChI is InChI=1S/C14H12N2O2/c1-17-13-11-7-9-5-3-4-6-10(9)8-12(11)15-14(16-13)18-2/h3-8H,1-2H3. The predicted octanol–water partition coefficient (Wildman–Crippen LogP) is 2.80. The molecule has 2 aromatic carbocycles. The van der Waals surface area contributed by atoms with Crippen molar-refractivity contribution in [3.8, 4) is 11.9 Å². The largest absolute Gasteiger partial charge is 0.480 e. The van der Waals surface area contributed by atoms with Crippen molar-refractivity contribution in [2.75, 3.05) is 14.2 Å². The summed E-state index contributed by atoms with van der Waals surface area (Å²) >= 11 is 0. The van der Waals surface area contributed by atoms with E-state index < -0.39 is 0 Å². The van der Waals surface area contributed by atoms with Gasteiger partial charge in [-0.1, -0.05) is 24.3 Å². The van der Waals surface area contributed by atoms with Crippen LogP contribution < -0.4 is 9.47 Å². The minimum Gasteiger partial charge on any atom is -0.480 e. The molecule has 0 aliphatic rings. The third kappa shape index (κ3) is 1.62. The van der Waals surface area contributed by atoms with Crippen molar-refractivity contribution in [3.05, 3.63) is 36.4 Å². The van der Waals surface area contributed by atoms with Crippen LogP contribution in [0.3, 0.4) is 0 Å². The van der Waals surface area contributed by atoms with Gasteiger partial charge in [0, 0.05) is 0 Å². The fraction of sp³-hybridized carbons (Fsp3) is 0.143. The molecule has 1 aromatic heterocycles. The number of hydrogen-bond donors (Lipinski definition) is 0. The molecule has 0 radical (unpaired) electrons. The number of hydrogen-bond acceptors (Lipinski definition) is 4. The van der Waals surface area contributed by atoms with Crippen molar-refractivity contribution >= 4 is 21.7 Å². The summed E-state index contributed by atoms with van der Waals surface area (Å²) in [5, 5.41) is 3.15. The van der Waals surface area contributed by atoms with E-state index in [1.165, 1.54) is 0 Å². The van der Waals surface area contributed by atoms with Crippen LogP contribution in [0.1, 0.15) is 0 Å². The lowest BCUT2D eigenvalue weighted by Gasteiger charge is -2.07. The summed E-state index contributed by atoms with van der Waals surface area (Å²) in [6, 6.07) is 12.5. The highest BCUT2D eigenvalue weighted by Crippen LogP contribution is 2.28. The summed E-state index contributed by atoms with van der Waals surface area (Å²) in [6.07, 6.45) is 0. The summed E-state index contributed by atoms with van der Waals surface area (Å²) in [5.74, 6) is 0.530. The highest BCUT2D eigenvalue weighted by Gasteiger charge is 2.09. The molecule has 3 aromatic rings. The van der Waals surface area contributed by atoms with E-state index in [9.17, 15) is 0 Å². The molecule has 0 unspecified atom stereocenters. The zero-order valence-corrected chi connectivity index (χ0v) is 10.2. The van der Waals surface area contributed by atoms with E-state index in [0.29, 0.717) is 11.9 Å². The second-order valence-corrected chi connectivity index (χ2v) is 3.94. The van der Waals surface area contributed by atoms with Crippen molar-refractivity contribution < 1.29 is 9.47 Å². The van der Waals surface area contributed by atoms with E-state index in [-0.39, 0.29) is 0 Å². The molecular formula is C14H12N2O2. The molecule has 0 N–H and O–H groups in total. The van der Waals surface area contributed by atoms with Gasteiger partial charge in [0.15, 0.2) is 0 Å². The lowest BCUT2D eigenvalue weighted by molar-refractivity contribution is 0.357. The normalized spacial score (nSPS) is 10.8. The van der Waals surface area contributed by atoms with Crippen molar-refractivity contribution in [1.82, 2.24) is 9.97 Å². The molecule has 90 valence electrons. The first kappa shape index (κ1) is 10.8. The molecule has 0 aliphatic heterocycles. The predicted molar refractivity (Wildman–Crippen MR) is 70.1 cm³/mol. The average molecular weight is 240 g/mol. The van der Waals surface area contributed by atoms with Crippen molar-refractivity contribution in [3.63, 3.8) is 0 Å². The van der Waals surface area contributed by atoms with Gasteiger partial charge < -0.3 is 9.47 Å². The second kappa shape index (κ2) is 4.14. The number of methoxy groups -OCH3 is 2. The maximum absolute atomic E-state index is 5.29. The molecule has 0 saturated carbocycles. The summed E-state index contributed by atoms with van der Waals surface area (Å²) in [5.41, 5.74) is 0.817. The minimum atomic E-state index is 0.314. The van der Waals surface area contributed by atoms with Crippen LogP contribution in [-0.4, -0.2) is 24.2 Å². The zero-order chi connectivity index (χ0) is 12.5. The summed E-state index contributed by atoms with van der Waals surface area (Å²) in [4.78, 5) is 8.53. The van der Waals surface area contributed by atoms with E-state index >= 15 is 0 Å². The monoisotopic (exact) mass is 240 g/mol. The summed E-state index contributed by atoms with van der Waals surface area (Å²) in [7, 11) is 3.14. The van der Waals surface area contributed by atoms with Gasteiger partial charge in [-0.05, 0) is 22.9 Å². The van der Waals surface area contributed by atoms with Gasteiger partial charge in [0.25, 0.3) is 0 Å². The van der Waals surface area contributed by atoms with Gasteiger partial charge in [0.2, 0.25) is 5.88 Å². The quantitative estimate of drug-likeness (QED) is 0.646. The molecular weight excluding hydrogens is 228 g/mol. The smallest absolute Gasteiger partial charge is 0.320 e. The molecule has 0 fully saturated rings. The first-order chi connectivity index (χ1) is 8.81. The molecule has 1 heterocycles. The third-order valence-corrected chi connectivity index (χ3v) is 2.88. The van der Waals surface area contributed by atoms with Gasteiger partial charge in [-0.2, -0.15) is 9.97 Å². The lowest BCUT2D eigenvalue weighted by atomic mass is 10.1. The molecule has 0 spiro atoms. The Kier molecular flexibility index (Phi) is 2.48. The highest BCUT2D eigenvalue weighted by molar-refractivity contribution is 5.98. The van der Waals surface area contributed by atoms with Gasteiger partial charge in [-0.25, -0.2) is 0 Å². The van der Waals surface area contributed by atoms with Crippen molar-refractivity contribution in [2.24, 2.45) is 0 Å². The number of fused-ring (bicyclic) bond motifs is 2. The maximum atomic E-state index is 5.29. The Morgan fingerprint density at radius 3 is 2.28 bits per heavy atom. The van der Waals surface area contributed by atoms with Crippen LogP contribution in [0.15, 0.2) is 36.4 Å². The summed E-state index contributed by atoms with van der Waals surface area (Å²) < 4.78 is 10.4. The Bertz CT molecular complexity index is 725. The SMILES string of the molecule is COc1nc(OC)c2cc3ccccc3cc2n1. The van der Waals surface area contributed by atoms with E-state index in [4.69, 9.17) is 9.47 Å². The van der Waals surface area contributed by atoms with Crippen LogP contribution >= 0.6 is 0 Å². The minimum absolute atomic E-state index is 0.314. The highest BCUT2D eigenvalue weighted by atomic mass is 16.5. The Hall–Kier alpha value is -2.36.